The molecule has 1 fully saturated rings. The van der Waals surface area contributed by atoms with Gasteiger partial charge in [0.1, 0.15) is 0 Å². The number of hydrogen-bond acceptors (Lipinski definition) is 2. The molecule has 0 bridgehead atoms. The van der Waals surface area contributed by atoms with Crippen molar-refractivity contribution < 1.29 is 0 Å². The molecule has 1 rings (SSSR count). The van der Waals surface area contributed by atoms with Crippen molar-refractivity contribution in [2.24, 2.45) is 0 Å². The Labute approximate surface area is 71.5 Å². The van der Waals surface area contributed by atoms with Crippen LogP contribution >= 0.6 is 8.58 Å². The minimum Gasteiger partial charge on any atom is -0.305 e. The third kappa shape index (κ3) is 2.70. The lowest BCUT2D eigenvalue weighted by Crippen LogP contribution is -2.53. The topological polar surface area (TPSA) is 15.3 Å². The molecule has 2 nitrogen and oxygen atoms in total. The molecule has 1 saturated heterocycles. The van der Waals surface area contributed by atoms with Crippen molar-refractivity contribution in [1.29, 1.82) is 0 Å². The highest BCUT2D eigenvalue weighted by molar-refractivity contribution is 7.37. The molecular formula is C8H19N2P. The molecule has 1 N–H and O–H groups in total. The van der Waals surface area contributed by atoms with Gasteiger partial charge < -0.3 is 10.2 Å². The van der Waals surface area contributed by atoms with Gasteiger partial charge in [-0.2, -0.15) is 0 Å². The maximum absolute atomic E-state index is 3.65. The normalized spacial score (nSPS) is 35.2. The number of hydrogen-bond donors (Lipinski definition) is 1. The summed E-state index contributed by atoms with van der Waals surface area (Å²) in [4.78, 5) is 2.44. The minimum atomic E-state index is 0.728. The molecule has 0 spiro atoms. The highest BCUT2D eigenvalue weighted by atomic mass is 31.1. The molecule has 0 aromatic heterocycles. The van der Waals surface area contributed by atoms with Gasteiger partial charge in [0.15, 0.2) is 0 Å². The van der Waals surface area contributed by atoms with Crippen LogP contribution < -0.4 is 5.32 Å². The molecule has 0 aromatic rings. The van der Waals surface area contributed by atoms with E-state index < -0.39 is 0 Å². The zero-order valence-electron chi connectivity index (χ0n) is 7.72. The largest absolute Gasteiger partial charge is 0.305 e. The summed E-state index contributed by atoms with van der Waals surface area (Å²) in [6, 6.07) is 0.728. The van der Waals surface area contributed by atoms with Crippen LogP contribution in [0.1, 0.15) is 13.3 Å². The van der Waals surface area contributed by atoms with Crippen LogP contribution in [0, 0.1) is 0 Å². The first-order valence-corrected chi connectivity index (χ1v) is 5.95. The molecular weight excluding hydrogens is 155 g/mol. The number of rotatable bonds is 2. The van der Waals surface area contributed by atoms with Gasteiger partial charge in [-0.1, -0.05) is 6.92 Å². The van der Waals surface area contributed by atoms with E-state index in [0.29, 0.717) is 0 Å². The Hall–Kier alpha value is 0.350. The average molecular weight is 174 g/mol. The Morgan fingerprint density at radius 1 is 1.55 bits per heavy atom. The van der Waals surface area contributed by atoms with Gasteiger partial charge in [-0.3, -0.25) is 0 Å². The average Bonchev–Trinajstić information content (AvgIpc) is 2.03. The van der Waals surface area contributed by atoms with Crippen molar-refractivity contribution in [3.05, 3.63) is 0 Å². The second-order valence-corrected chi connectivity index (χ2v) is 4.61. The molecule has 1 aliphatic heterocycles. The summed E-state index contributed by atoms with van der Waals surface area (Å²) >= 11 is 0. The molecule has 3 heteroatoms. The SMILES string of the molecule is CCC1CN(C)CC(PC)N1. The van der Waals surface area contributed by atoms with Gasteiger partial charge in [-0.15, -0.1) is 8.58 Å². The molecule has 11 heavy (non-hydrogen) atoms. The summed E-state index contributed by atoms with van der Waals surface area (Å²) in [6.45, 7) is 6.99. The number of piperazine rings is 1. The van der Waals surface area contributed by atoms with E-state index in [1.807, 2.05) is 0 Å². The van der Waals surface area contributed by atoms with Gasteiger partial charge in [0.2, 0.25) is 0 Å². The summed E-state index contributed by atoms with van der Waals surface area (Å²) in [6.07, 6.45) is 1.26. The molecule has 3 unspecified atom stereocenters. The fourth-order valence-corrected chi connectivity index (χ4v) is 2.47. The molecule has 3 atom stereocenters. The molecule has 0 radical (unpaired) electrons. The van der Waals surface area contributed by atoms with Gasteiger partial charge >= 0.3 is 0 Å². The van der Waals surface area contributed by atoms with Crippen molar-refractivity contribution in [1.82, 2.24) is 10.2 Å². The highest BCUT2D eigenvalue weighted by Gasteiger charge is 2.21. The number of nitrogens with one attached hydrogen (secondary N) is 1. The van der Waals surface area contributed by atoms with E-state index in [4.69, 9.17) is 0 Å². The number of likely N-dealkylation sites (N-methyl/N-ethyl adjacent to an activating group) is 1. The van der Waals surface area contributed by atoms with E-state index in [2.05, 4.69) is 30.9 Å². The lowest BCUT2D eigenvalue weighted by molar-refractivity contribution is 0.222. The van der Waals surface area contributed by atoms with E-state index in [1.165, 1.54) is 19.5 Å². The van der Waals surface area contributed by atoms with Crippen LogP contribution in [-0.4, -0.2) is 43.5 Å². The van der Waals surface area contributed by atoms with Gasteiger partial charge in [-0.25, -0.2) is 0 Å². The molecule has 0 aliphatic carbocycles. The fraction of sp³-hybridized carbons (Fsp3) is 1.00. The van der Waals surface area contributed by atoms with Gasteiger partial charge in [-0.05, 0) is 20.1 Å². The van der Waals surface area contributed by atoms with Crippen LogP contribution in [0.3, 0.4) is 0 Å². The first-order chi connectivity index (χ1) is 5.26. The van der Waals surface area contributed by atoms with Crippen molar-refractivity contribution in [3.8, 4) is 0 Å². The van der Waals surface area contributed by atoms with Crippen molar-refractivity contribution in [2.75, 3.05) is 26.8 Å². The Morgan fingerprint density at radius 2 is 2.27 bits per heavy atom. The monoisotopic (exact) mass is 174 g/mol. The first kappa shape index (κ1) is 9.44. The van der Waals surface area contributed by atoms with Crippen LogP contribution in [0.2, 0.25) is 0 Å². The van der Waals surface area contributed by atoms with Crippen LogP contribution in [-0.2, 0) is 0 Å². The highest BCUT2D eigenvalue weighted by Crippen LogP contribution is 2.17. The third-order valence-corrected chi connectivity index (χ3v) is 3.35. The van der Waals surface area contributed by atoms with Crippen LogP contribution in [0.25, 0.3) is 0 Å². The van der Waals surface area contributed by atoms with E-state index in [-0.39, 0.29) is 0 Å². The van der Waals surface area contributed by atoms with E-state index in [0.717, 1.165) is 20.4 Å². The van der Waals surface area contributed by atoms with Crippen LogP contribution in [0.5, 0.6) is 0 Å². The Morgan fingerprint density at radius 3 is 2.82 bits per heavy atom. The maximum Gasteiger partial charge on any atom is 0.0367 e. The van der Waals surface area contributed by atoms with E-state index in [1.54, 1.807) is 0 Å². The van der Waals surface area contributed by atoms with Crippen molar-refractivity contribution in [3.63, 3.8) is 0 Å². The summed E-state index contributed by atoms with van der Waals surface area (Å²) in [7, 11) is 3.25. The summed E-state index contributed by atoms with van der Waals surface area (Å²) in [5, 5.41) is 3.65. The predicted molar refractivity (Wildman–Crippen MR) is 52.7 cm³/mol. The summed E-state index contributed by atoms with van der Waals surface area (Å²) in [5.41, 5.74) is 0. The zero-order valence-corrected chi connectivity index (χ0v) is 8.72. The lowest BCUT2D eigenvalue weighted by atomic mass is 10.2. The molecule has 1 aliphatic rings. The standard InChI is InChI=1S/C8H19N2P/c1-4-7-5-10(2)6-8(9-7)11-3/h7-9,11H,4-6H2,1-3H3. The zero-order chi connectivity index (χ0) is 8.27. The Kier molecular flexibility index (Phi) is 3.77. The van der Waals surface area contributed by atoms with Gasteiger partial charge in [0.05, 0.1) is 0 Å². The minimum absolute atomic E-state index is 0.728. The Balaban J connectivity index is 2.37. The van der Waals surface area contributed by atoms with Crippen LogP contribution in [0.15, 0.2) is 0 Å². The second-order valence-electron chi connectivity index (χ2n) is 3.33. The Bertz CT molecular complexity index is 107. The molecule has 1 heterocycles. The first-order valence-electron chi connectivity index (χ1n) is 4.38. The van der Waals surface area contributed by atoms with Crippen LogP contribution in [0.4, 0.5) is 0 Å². The molecule has 0 aromatic carbocycles. The molecule has 66 valence electrons. The van der Waals surface area contributed by atoms with Crippen molar-refractivity contribution in [2.45, 2.75) is 25.2 Å². The van der Waals surface area contributed by atoms with E-state index >= 15 is 0 Å². The summed E-state index contributed by atoms with van der Waals surface area (Å²) < 4.78 is 0. The van der Waals surface area contributed by atoms with E-state index in [9.17, 15) is 0 Å². The maximum atomic E-state index is 3.65. The smallest absolute Gasteiger partial charge is 0.0367 e. The molecule has 0 saturated carbocycles. The third-order valence-electron chi connectivity index (χ3n) is 2.30. The second kappa shape index (κ2) is 4.39. The predicted octanol–water partition coefficient (Wildman–Crippen LogP) is 0.934. The fourth-order valence-electron chi connectivity index (χ4n) is 1.57. The molecule has 0 amide bonds. The van der Waals surface area contributed by atoms with Gasteiger partial charge in [0, 0.05) is 24.9 Å². The summed E-state index contributed by atoms with van der Waals surface area (Å²) in [5.74, 6) is 0.749. The number of nitrogens with zero attached hydrogens (tertiary/aromatic N) is 1. The quantitative estimate of drug-likeness (QED) is 0.627. The van der Waals surface area contributed by atoms with Gasteiger partial charge in [0.25, 0.3) is 0 Å². The lowest BCUT2D eigenvalue weighted by Gasteiger charge is -2.36. The van der Waals surface area contributed by atoms with Crippen molar-refractivity contribution >= 4 is 8.58 Å².